The molecular weight excluding hydrogens is 314 g/mol. The van der Waals surface area contributed by atoms with Crippen LogP contribution in [0.3, 0.4) is 0 Å². The summed E-state index contributed by atoms with van der Waals surface area (Å²) in [5.74, 6) is 1.41. The number of benzene rings is 2. The molecule has 0 bridgehead atoms. The number of hydrogen-bond acceptors (Lipinski definition) is 3. The second kappa shape index (κ2) is 9.11. The molecule has 134 valence electrons. The SMILES string of the molecule is CCOc1ccccc1CNC(=O)C(CC)Oc1cc(C)cc(C)c1. The second-order valence-electron chi connectivity index (χ2n) is 6.10. The molecule has 1 atom stereocenters. The van der Waals surface area contributed by atoms with Crippen molar-refractivity contribution in [2.75, 3.05) is 6.61 Å². The molecule has 0 aliphatic rings. The van der Waals surface area contributed by atoms with Gasteiger partial charge in [-0.25, -0.2) is 0 Å². The van der Waals surface area contributed by atoms with Crippen molar-refractivity contribution in [2.24, 2.45) is 0 Å². The lowest BCUT2D eigenvalue weighted by Gasteiger charge is -2.18. The van der Waals surface area contributed by atoms with Crippen molar-refractivity contribution >= 4 is 5.91 Å². The van der Waals surface area contributed by atoms with Crippen LogP contribution in [0, 0.1) is 13.8 Å². The molecule has 0 saturated carbocycles. The lowest BCUT2D eigenvalue weighted by atomic mass is 10.1. The first-order chi connectivity index (χ1) is 12.0. The highest BCUT2D eigenvalue weighted by Gasteiger charge is 2.18. The topological polar surface area (TPSA) is 47.6 Å². The van der Waals surface area contributed by atoms with E-state index in [0.29, 0.717) is 19.6 Å². The van der Waals surface area contributed by atoms with E-state index in [2.05, 4.69) is 11.4 Å². The smallest absolute Gasteiger partial charge is 0.261 e. The van der Waals surface area contributed by atoms with E-state index in [-0.39, 0.29) is 5.91 Å². The van der Waals surface area contributed by atoms with Crippen LogP contribution in [0.25, 0.3) is 0 Å². The van der Waals surface area contributed by atoms with Crippen molar-refractivity contribution in [1.29, 1.82) is 0 Å². The monoisotopic (exact) mass is 341 g/mol. The van der Waals surface area contributed by atoms with Crippen molar-refractivity contribution in [1.82, 2.24) is 5.32 Å². The number of hydrogen-bond donors (Lipinski definition) is 1. The van der Waals surface area contributed by atoms with Crippen LogP contribution >= 0.6 is 0 Å². The number of nitrogens with one attached hydrogen (secondary N) is 1. The summed E-state index contributed by atoms with van der Waals surface area (Å²) in [7, 11) is 0. The van der Waals surface area contributed by atoms with Crippen LogP contribution in [0.1, 0.15) is 37.0 Å². The van der Waals surface area contributed by atoms with Crippen molar-refractivity contribution in [2.45, 2.75) is 46.8 Å². The zero-order valence-corrected chi connectivity index (χ0v) is 15.5. The van der Waals surface area contributed by atoms with E-state index >= 15 is 0 Å². The highest BCUT2D eigenvalue weighted by Crippen LogP contribution is 2.20. The summed E-state index contributed by atoms with van der Waals surface area (Å²) in [5.41, 5.74) is 3.20. The number of para-hydroxylation sites is 1. The fourth-order valence-corrected chi connectivity index (χ4v) is 2.73. The van der Waals surface area contributed by atoms with Gasteiger partial charge >= 0.3 is 0 Å². The van der Waals surface area contributed by atoms with Crippen LogP contribution in [-0.4, -0.2) is 18.6 Å². The molecule has 4 heteroatoms. The van der Waals surface area contributed by atoms with Crippen molar-refractivity contribution in [3.8, 4) is 11.5 Å². The molecule has 0 aliphatic carbocycles. The Labute approximate surface area is 150 Å². The maximum Gasteiger partial charge on any atom is 0.261 e. The third-order valence-corrected chi connectivity index (χ3v) is 3.86. The normalized spacial score (nSPS) is 11.7. The van der Waals surface area contributed by atoms with Gasteiger partial charge < -0.3 is 14.8 Å². The average Bonchev–Trinajstić information content (AvgIpc) is 2.58. The molecule has 1 amide bonds. The summed E-state index contributed by atoms with van der Waals surface area (Å²) in [6.45, 7) is 8.94. The Hall–Kier alpha value is -2.49. The summed E-state index contributed by atoms with van der Waals surface area (Å²) in [6, 6.07) is 13.7. The molecule has 0 fully saturated rings. The average molecular weight is 341 g/mol. The van der Waals surface area contributed by atoms with Gasteiger partial charge in [-0.15, -0.1) is 0 Å². The van der Waals surface area contributed by atoms with E-state index in [1.165, 1.54) is 0 Å². The van der Waals surface area contributed by atoms with Gasteiger partial charge in [-0.2, -0.15) is 0 Å². The first-order valence-electron chi connectivity index (χ1n) is 8.76. The molecule has 2 aromatic carbocycles. The summed E-state index contributed by atoms with van der Waals surface area (Å²) in [6.07, 6.45) is 0.0896. The van der Waals surface area contributed by atoms with Gasteiger partial charge in [0, 0.05) is 12.1 Å². The Bertz CT molecular complexity index is 692. The third-order valence-electron chi connectivity index (χ3n) is 3.86. The minimum atomic E-state index is -0.513. The number of carbonyl (C=O) groups excluding carboxylic acids is 1. The largest absolute Gasteiger partial charge is 0.494 e. The fourth-order valence-electron chi connectivity index (χ4n) is 2.73. The van der Waals surface area contributed by atoms with Gasteiger partial charge in [-0.05, 0) is 56.5 Å². The van der Waals surface area contributed by atoms with Gasteiger partial charge in [0.2, 0.25) is 0 Å². The van der Waals surface area contributed by atoms with E-state index in [0.717, 1.165) is 28.2 Å². The number of aryl methyl sites for hydroxylation is 2. The zero-order valence-electron chi connectivity index (χ0n) is 15.5. The highest BCUT2D eigenvalue weighted by atomic mass is 16.5. The molecular formula is C21H27NO3. The van der Waals surface area contributed by atoms with Crippen LogP contribution in [0.4, 0.5) is 0 Å². The molecule has 25 heavy (non-hydrogen) atoms. The van der Waals surface area contributed by atoms with Crippen LogP contribution in [0.2, 0.25) is 0 Å². The molecule has 1 N–H and O–H groups in total. The van der Waals surface area contributed by atoms with E-state index < -0.39 is 6.10 Å². The number of amides is 1. The van der Waals surface area contributed by atoms with E-state index in [4.69, 9.17) is 9.47 Å². The van der Waals surface area contributed by atoms with Crippen molar-refractivity contribution in [3.05, 3.63) is 59.2 Å². The lowest BCUT2D eigenvalue weighted by molar-refractivity contribution is -0.128. The quantitative estimate of drug-likeness (QED) is 0.784. The molecule has 0 saturated heterocycles. The standard InChI is InChI=1S/C21H27NO3/c1-5-19(25-18-12-15(3)11-16(4)13-18)21(23)22-14-17-9-7-8-10-20(17)24-6-2/h7-13,19H,5-6,14H2,1-4H3,(H,22,23). The van der Waals surface area contributed by atoms with Gasteiger partial charge in [0.15, 0.2) is 6.10 Å². The molecule has 0 aromatic heterocycles. The summed E-state index contributed by atoms with van der Waals surface area (Å²) < 4.78 is 11.5. The molecule has 0 aliphatic heterocycles. The minimum absolute atomic E-state index is 0.118. The van der Waals surface area contributed by atoms with Crippen LogP contribution in [0.5, 0.6) is 11.5 Å². The zero-order chi connectivity index (χ0) is 18.2. The maximum atomic E-state index is 12.5. The van der Waals surface area contributed by atoms with Crippen LogP contribution in [-0.2, 0) is 11.3 Å². The van der Waals surface area contributed by atoms with Gasteiger partial charge in [0.25, 0.3) is 5.91 Å². The minimum Gasteiger partial charge on any atom is -0.494 e. The first-order valence-corrected chi connectivity index (χ1v) is 8.76. The molecule has 2 rings (SSSR count). The highest BCUT2D eigenvalue weighted by molar-refractivity contribution is 5.81. The van der Waals surface area contributed by atoms with Gasteiger partial charge in [0.05, 0.1) is 6.61 Å². The molecule has 0 radical (unpaired) electrons. The Morgan fingerprint density at radius 1 is 1.08 bits per heavy atom. The number of ether oxygens (including phenoxy) is 2. The predicted molar refractivity (Wildman–Crippen MR) is 100 cm³/mol. The Morgan fingerprint density at radius 2 is 1.76 bits per heavy atom. The maximum absolute atomic E-state index is 12.5. The molecule has 0 spiro atoms. The van der Waals surface area contributed by atoms with Crippen LogP contribution in [0.15, 0.2) is 42.5 Å². The van der Waals surface area contributed by atoms with E-state index in [9.17, 15) is 4.79 Å². The van der Waals surface area contributed by atoms with Crippen molar-refractivity contribution < 1.29 is 14.3 Å². The molecule has 1 unspecified atom stereocenters. The summed E-state index contributed by atoms with van der Waals surface area (Å²) in [5, 5.41) is 2.95. The molecule has 2 aromatic rings. The number of rotatable bonds is 8. The Kier molecular flexibility index (Phi) is 6.87. The molecule has 0 heterocycles. The molecule has 4 nitrogen and oxygen atoms in total. The second-order valence-corrected chi connectivity index (χ2v) is 6.10. The van der Waals surface area contributed by atoms with Gasteiger partial charge in [-0.3, -0.25) is 4.79 Å². The van der Waals surface area contributed by atoms with Gasteiger partial charge in [0.1, 0.15) is 11.5 Å². The van der Waals surface area contributed by atoms with Crippen molar-refractivity contribution in [3.63, 3.8) is 0 Å². The predicted octanol–water partition coefficient (Wildman–Crippen LogP) is 4.18. The number of carbonyl (C=O) groups is 1. The van der Waals surface area contributed by atoms with Gasteiger partial charge in [-0.1, -0.05) is 31.2 Å². The fraction of sp³-hybridized carbons (Fsp3) is 0.381. The first kappa shape index (κ1) is 18.8. The Balaban J connectivity index is 2.00. The van der Waals surface area contributed by atoms with Crippen LogP contribution < -0.4 is 14.8 Å². The third kappa shape index (κ3) is 5.52. The van der Waals surface area contributed by atoms with E-state index in [1.54, 1.807) is 0 Å². The summed E-state index contributed by atoms with van der Waals surface area (Å²) >= 11 is 0. The Morgan fingerprint density at radius 3 is 2.40 bits per heavy atom. The summed E-state index contributed by atoms with van der Waals surface area (Å²) in [4.78, 5) is 12.5. The van der Waals surface area contributed by atoms with E-state index in [1.807, 2.05) is 64.1 Å². The lowest BCUT2D eigenvalue weighted by Crippen LogP contribution is -2.37.